The summed E-state index contributed by atoms with van der Waals surface area (Å²) in [4.78, 5) is 7.61. The second kappa shape index (κ2) is 4.97. The third-order valence-electron chi connectivity index (χ3n) is 2.36. The van der Waals surface area contributed by atoms with Crippen molar-refractivity contribution in [2.75, 3.05) is 0 Å². The average Bonchev–Trinajstić information content (AvgIpc) is 2.35. The Morgan fingerprint density at radius 1 is 1.18 bits per heavy atom. The predicted octanol–water partition coefficient (Wildman–Crippen LogP) is 2.03. The van der Waals surface area contributed by atoms with E-state index in [9.17, 15) is 13.9 Å². The van der Waals surface area contributed by atoms with Crippen LogP contribution in [0, 0.1) is 11.6 Å². The number of nitrogens with zero attached hydrogens (tertiary/aromatic N) is 2. The highest BCUT2D eigenvalue weighted by molar-refractivity contribution is 5.20. The van der Waals surface area contributed by atoms with Crippen molar-refractivity contribution in [3.8, 4) is 0 Å². The Kier molecular flexibility index (Phi) is 3.39. The Morgan fingerprint density at radius 3 is 2.65 bits per heavy atom. The maximum atomic E-state index is 12.9. The summed E-state index contributed by atoms with van der Waals surface area (Å²) in [6.45, 7) is 0. The number of hydrogen-bond acceptors (Lipinski definition) is 3. The fraction of sp³-hybridized carbons (Fsp3) is 0.167. The quantitative estimate of drug-likeness (QED) is 0.886. The lowest BCUT2D eigenvalue weighted by atomic mass is 10.1. The molecule has 2 rings (SSSR count). The Morgan fingerprint density at radius 2 is 2.00 bits per heavy atom. The van der Waals surface area contributed by atoms with Gasteiger partial charge in [0.1, 0.15) is 12.4 Å². The molecule has 3 nitrogen and oxygen atoms in total. The third-order valence-corrected chi connectivity index (χ3v) is 2.36. The topological polar surface area (TPSA) is 46.0 Å². The van der Waals surface area contributed by atoms with Gasteiger partial charge in [-0.1, -0.05) is 6.07 Å². The molecular weight excluding hydrogens is 226 g/mol. The van der Waals surface area contributed by atoms with Gasteiger partial charge in [0.2, 0.25) is 0 Å². The zero-order valence-corrected chi connectivity index (χ0v) is 8.85. The highest BCUT2D eigenvalue weighted by Crippen LogP contribution is 2.17. The maximum absolute atomic E-state index is 12.9. The van der Waals surface area contributed by atoms with Crippen LogP contribution < -0.4 is 0 Å². The van der Waals surface area contributed by atoms with Gasteiger partial charge >= 0.3 is 0 Å². The molecule has 0 radical (unpaired) electrons. The van der Waals surface area contributed by atoms with Gasteiger partial charge in [-0.15, -0.1) is 0 Å². The van der Waals surface area contributed by atoms with Crippen LogP contribution in [-0.2, 0) is 6.42 Å². The van der Waals surface area contributed by atoms with E-state index >= 15 is 0 Å². The second-order valence-corrected chi connectivity index (χ2v) is 3.60. The van der Waals surface area contributed by atoms with Crippen LogP contribution in [0.1, 0.15) is 17.4 Å². The lowest BCUT2D eigenvalue weighted by Gasteiger charge is -2.09. The van der Waals surface area contributed by atoms with Crippen LogP contribution in [0.3, 0.4) is 0 Å². The lowest BCUT2D eigenvalue weighted by molar-refractivity contribution is 0.173. The van der Waals surface area contributed by atoms with Crippen molar-refractivity contribution >= 4 is 0 Å². The smallest absolute Gasteiger partial charge is 0.159 e. The predicted molar refractivity (Wildman–Crippen MR) is 57.1 cm³/mol. The monoisotopic (exact) mass is 236 g/mol. The van der Waals surface area contributed by atoms with Gasteiger partial charge in [0.25, 0.3) is 0 Å². The molecule has 2 aromatic rings. The Bertz CT molecular complexity index is 505. The number of hydrogen-bond donors (Lipinski definition) is 1. The molecule has 1 heterocycles. The number of aliphatic hydroxyl groups is 1. The summed E-state index contributed by atoms with van der Waals surface area (Å²) in [6, 6.07) is 5.12. The van der Waals surface area contributed by atoms with Gasteiger partial charge in [0, 0.05) is 12.6 Å². The second-order valence-electron chi connectivity index (χ2n) is 3.60. The van der Waals surface area contributed by atoms with Crippen LogP contribution in [0.2, 0.25) is 0 Å². The molecule has 1 unspecified atom stereocenters. The molecule has 0 bridgehead atoms. The molecule has 0 aliphatic heterocycles. The maximum Gasteiger partial charge on any atom is 0.159 e. The van der Waals surface area contributed by atoms with E-state index in [0.717, 1.165) is 12.1 Å². The zero-order chi connectivity index (χ0) is 12.3. The summed E-state index contributed by atoms with van der Waals surface area (Å²) in [6.07, 6.45) is 2.15. The van der Waals surface area contributed by atoms with Crippen molar-refractivity contribution in [2.24, 2.45) is 0 Å². The van der Waals surface area contributed by atoms with Gasteiger partial charge in [-0.05, 0) is 23.8 Å². The van der Waals surface area contributed by atoms with Gasteiger partial charge in [0.05, 0.1) is 5.69 Å². The van der Waals surface area contributed by atoms with Crippen molar-refractivity contribution in [1.29, 1.82) is 0 Å². The first kappa shape index (κ1) is 11.6. The van der Waals surface area contributed by atoms with E-state index < -0.39 is 17.7 Å². The molecule has 0 amide bonds. The van der Waals surface area contributed by atoms with E-state index in [-0.39, 0.29) is 6.42 Å². The summed E-state index contributed by atoms with van der Waals surface area (Å²) in [5.41, 5.74) is 0.958. The standard InChI is InChI=1S/C12H10F2N2O/c13-9-2-1-8(5-10(9)14)6-12(17)11-3-4-15-7-16-11/h1-5,7,12,17H,6H2. The first-order valence-corrected chi connectivity index (χ1v) is 5.04. The fourth-order valence-electron chi connectivity index (χ4n) is 1.49. The Balaban J connectivity index is 2.13. The molecule has 0 fully saturated rings. The van der Waals surface area contributed by atoms with Gasteiger partial charge in [-0.2, -0.15) is 0 Å². The summed E-state index contributed by atoms with van der Waals surface area (Å²) in [7, 11) is 0. The third kappa shape index (κ3) is 2.82. The van der Waals surface area contributed by atoms with Crippen LogP contribution in [0.25, 0.3) is 0 Å². The summed E-state index contributed by atoms with van der Waals surface area (Å²) < 4.78 is 25.7. The zero-order valence-electron chi connectivity index (χ0n) is 8.85. The Labute approximate surface area is 96.8 Å². The largest absolute Gasteiger partial charge is 0.386 e. The molecule has 5 heteroatoms. The van der Waals surface area contributed by atoms with E-state index in [0.29, 0.717) is 11.3 Å². The number of aliphatic hydroxyl groups excluding tert-OH is 1. The minimum absolute atomic E-state index is 0.175. The van der Waals surface area contributed by atoms with E-state index in [2.05, 4.69) is 9.97 Å². The average molecular weight is 236 g/mol. The van der Waals surface area contributed by atoms with Crippen molar-refractivity contribution in [3.63, 3.8) is 0 Å². The van der Waals surface area contributed by atoms with Gasteiger partial charge in [-0.3, -0.25) is 0 Å². The molecular formula is C12H10F2N2O. The number of halogens is 2. The van der Waals surface area contributed by atoms with Crippen LogP contribution in [0.15, 0.2) is 36.8 Å². The minimum atomic E-state index is -0.919. The normalized spacial score (nSPS) is 12.4. The molecule has 1 atom stereocenters. The molecule has 0 saturated heterocycles. The first-order valence-electron chi connectivity index (χ1n) is 5.04. The molecule has 1 aromatic heterocycles. The lowest BCUT2D eigenvalue weighted by Crippen LogP contribution is -2.04. The van der Waals surface area contributed by atoms with E-state index in [1.165, 1.54) is 18.6 Å². The molecule has 0 saturated carbocycles. The van der Waals surface area contributed by atoms with Crippen LogP contribution in [0.4, 0.5) is 8.78 Å². The molecule has 17 heavy (non-hydrogen) atoms. The highest BCUT2D eigenvalue weighted by Gasteiger charge is 2.11. The van der Waals surface area contributed by atoms with Crippen molar-refractivity contribution < 1.29 is 13.9 Å². The molecule has 1 aromatic carbocycles. The van der Waals surface area contributed by atoms with E-state index in [1.807, 2.05) is 0 Å². The van der Waals surface area contributed by atoms with Crippen LogP contribution >= 0.6 is 0 Å². The van der Waals surface area contributed by atoms with Gasteiger partial charge < -0.3 is 5.11 Å². The Hall–Kier alpha value is -1.88. The van der Waals surface area contributed by atoms with E-state index in [1.54, 1.807) is 6.07 Å². The van der Waals surface area contributed by atoms with Crippen molar-refractivity contribution in [2.45, 2.75) is 12.5 Å². The summed E-state index contributed by atoms with van der Waals surface area (Å²) in [5.74, 6) is -1.82. The van der Waals surface area contributed by atoms with Crippen LogP contribution in [0.5, 0.6) is 0 Å². The van der Waals surface area contributed by atoms with E-state index in [4.69, 9.17) is 0 Å². The fourth-order valence-corrected chi connectivity index (χ4v) is 1.49. The summed E-state index contributed by atoms with van der Waals surface area (Å²) in [5, 5.41) is 9.83. The van der Waals surface area contributed by atoms with Gasteiger partial charge in [-0.25, -0.2) is 18.7 Å². The minimum Gasteiger partial charge on any atom is -0.386 e. The van der Waals surface area contributed by atoms with Crippen LogP contribution in [-0.4, -0.2) is 15.1 Å². The SMILES string of the molecule is OC(Cc1ccc(F)c(F)c1)c1ccncn1. The molecule has 0 aliphatic carbocycles. The van der Waals surface area contributed by atoms with Crippen molar-refractivity contribution in [1.82, 2.24) is 9.97 Å². The molecule has 0 aliphatic rings. The number of benzene rings is 1. The molecule has 1 N–H and O–H groups in total. The van der Waals surface area contributed by atoms with Gasteiger partial charge in [0.15, 0.2) is 11.6 Å². The highest BCUT2D eigenvalue weighted by atomic mass is 19.2. The van der Waals surface area contributed by atoms with Crippen molar-refractivity contribution in [3.05, 3.63) is 59.7 Å². The number of aromatic nitrogens is 2. The summed E-state index contributed by atoms with van der Waals surface area (Å²) >= 11 is 0. The molecule has 0 spiro atoms. The number of rotatable bonds is 3. The first-order chi connectivity index (χ1) is 8.16. The molecule has 88 valence electrons.